The zero-order valence-electron chi connectivity index (χ0n) is 10.3. The van der Waals surface area contributed by atoms with Gasteiger partial charge >= 0.3 is 0 Å². The number of benzene rings is 1. The lowest BCUT2D eigenvalue weighted by Gasteiger charge is -2.09. The fourth-order valence-electron chi connectivity index (χ4n) is 1.41. The molecule has 1 amide bonds. The smallest absolute Gasteiger partial charge is 0.224 e. The molecule has 0 heterocycles. The molecule has 0 fully saturated rings. The van der Waals surface area contributed by atoms with Gasteiger partial charge in [-0.25, -0.2) is 0 Å². The van der Waals surface area contributed by atoms with Crippen molar-refractivity contribution in [3.8, 4) is 0 Å². The molecule has 0 aliphatic carbocycles. The summed E-state index contributed by atoms with van der Waals surface area (Å²) in [6, 6.07) is 4.77. The maximum Gasteiger partial charge on any atom is 0.224 e. The van der Waals surface area contributed by atoms with Gasteiger partial charge in [0.1, 0.15) is 0 Å². The SMILES string of the molecule is CC(C)CC(=O)Nc1ccc(/C(N)=N/O)cc1Cl. The third-order valence-corrected chi connectivity index (χ3v) is 2.55. The Morgan fingerprint density at radius 3 is 2.72 bits per heavy atom. The van der Waals surface area contributed by atoms with Crippen LogP contribution in [-0.4, -0.2) is 17.0 Å². The van der Waals surface area contributed by atoms with E-state index in [4.69, 9.17) is 22.5 Å². The predicted octanol–water partition coefficient (Wildman–Crippen LogP) is 2.42. The number of amidine groups is 1. The molecule has 0 bridgehead atoms. The summed E-state index contributed by atoms with van der Waals surface area (Å²) in [4.78, 5) is 11.6. The van der Waals surface area contributed by atoms with Crippen molar-refractivity contribution in [2.75, 3.05) is 5.32 Å². The molecule has 98 valence electrons. The van der Waals surface area contributed by atoms with E-state index in [1.807, 2.05) is 13.8 Å². The second-order valence-corrected chi connectivity index (χ2v) is 4.73. The number of nitrogens with one attached hydrogen (secondary N) is 1. The largest absolute Gasteiger partial charge is 0.409 e. The zero-order chi connectivity index (χ0) is 13.7. The van der Waals surface area contributed by atoms with Crippen LogP contribution in [0, 0.1) is 5.92 Å². The summed E-state index contributed by atoms with van der Waals surface area (Å²) >= 11 is 6.00. The van der Waals surface area contributed by atoms with Crippen LogP contribution >= 0.6 is 11.6 Å². The normalized spacial score (nSPS) is 11.7. The minimum atomic E-state index is -0.0940. The van der Waals surface area contributed by atoms with Gasteiger partial charge in [0.15, 0.2) is 5.84 Å². The number of carbonyl (C=O) groups is 1. The van der Waals surface area contributed by atoms with Gasteiger partial charge in [0.05, 0.1) is 10.7 Å². The van der Waals surface area contributed by atoms with Gasteiger partial charge in [0.25, 0.3) is 0 Å². The highest BCUT2D eigenvalue weighted by atomic mass is 35.5. The van der Waals surface area contributed by atoms with E-state index in [-0.39, 0.29) is 17.7 Å². The number of nitrogens with zero attached hydrogens (tertiary/aromatic N) is 1. The highest BCUT2D eigenvalue weighted by molar-refractivity contribution is 6.34. The Bertz CT molecular complexity index is 472. The monoisotopic (exact) mass is 269 g/mol. The molecule has 0 radical (unpaired) electrons. The quantitative estimate of drug-likeness (QED) is 0.339. The Morgan fingerprint density at radius 1 is 1.56 bits per heavy atom. The molecule has 0 saturated heterocycles. The Balaban J connectivity index is 2.83. The summed E-state index contributed by atoms with van der Waals surface area (Å²) in [5.74, 6) is 0.153. The first-order valence-corrected chi connectivity index (χ1v) is 5.89. The number of carbonyl (C=O) groups excluding carboxylic acids is 1. The Morgan fingerprint density at radius 2 is 2.22 bits per heavy atom. The van der Waals surface area contributed by atoms with Crippen LogP contribution in [-0.2, 0) is 4.79 Å². The summed E-state index contributed by atoms with van der Waals surface area (Å²) in [5.41, 5.74) is 6.44. The van der Waals surface area contributed by atoms with Gasteiger partial charge in [-0.3, -0.25) is 4.79 Å². The Labute approximate surface area is 111 Å². The third-order valence-electron chi connectivity index (χ3n) is 2.24. The van der Waals surface area contributed by atoms with E-state index in [0.29, 0.717) is 22.7 Å². The number of nitrogens with two attached hydrogens (primary N) is 1. The van der Waals surface area contributed by atoms with E-state index < -0.39 is 0 Å². The fraction of sp³-hybridized carbons (Fsp3) is 0.333. The molecular formula is C12H16ClN3O2. The van der Waals surface area contributed by atoms with E-state index in [1.165, 1.54) is 6.07 Å². The van der Waals surface area contributed by atoms with Crippen molar-refractivity contribution in [3.63, 3.8) is 0 Å². The molecule has 0 spiro atoms. The van der Waals surface area contributed by atoms with E-state index in [2.05, 4.69) is 10.5 Å². The van der Waals surface area contributed by atoms with Crippen LogP contribution in [0.5, 0.6) is 0 Å². The lowest BCUT2D eigenvalue weighted by atomic mass is 10.1. The van der Waals surface area contributed by atoms with Gasteiger partial charge in [-0.05, 0) is 24.1 Å². The average Bonchev–Trinajstić information content (AvgIpc) is 2.29. The molecule has 6 heteroatoms. The summed E-state index contributed by atoms with van der Waals surface area (Å²) in [5, 5.41) is 14.5. The minimum Gasteiger partial charge on any atom is -0.409 e. The van der Waals surface area contributed by atoms with Gasteiger partial charge in [0.2, 0.25) is 5.91 Å². The lowest BCUT2D eigenvalue weighted by molar-refractivity contribution is -0.116. The van der Waals surface area contributed by atoms with Crippen molar-refractivity contribution in [1.29, 1.82) is 0 Å². The maximum absolute atomic E-state index is 11.6. The second kappa shape index (κ2) is 6.26. The summed E-state index contributed by atoms with van der Waals surface area (Å²) in [7, 11) is 0. The van der Waals surface area contributed by atoms with Crippen molar-refractivity contribution in [1.82, 2.24) is 0 Å². The number of amides is 1. The summed E-state index contributed by atoms with van der Waals surface area (Å²) in [6.45, 7) is 3.92. The second-order valence-electron chi connectivity index (χ2n) is 4.33. The van der Waals surface area contributed by atoms with Crippen LogP contribution in [0.2, 0.25) is 5.02 Å². The summed E-state index contributed by atoms with van der Waals surface area (Å²) in [6.07, 6.45) is 0.429. The van der Waals surface area contributed by atoms with Gasteiger partial charge in [-0.15, -0.1) is 0 Å². The molecule has 0 aliphatic rings. The van der Waals surface area contributed by atoms with Crippen molar-refractivity contribution in [2.24, 2.45) is 16.8 Å². The number of hydrogen-bond acceptors (Lipinski definition) is 3. The van der Waals surface area contributed by atoms with Crippen molar-refractivity contribution >= 4 is 29.0 Å². The Kier molecular flexibility index (Phi) is 4.97. The molecule has 0 aromatic heterocycles. The molecule has 1 aromatic carbocycles. The van der Waals surface area contributed by atoms with Crippen LogP contribution in [0.3, 0.4) is 0 Å². The van der Waals surface area contributed by atoms with E-state index in [9.17, 15) is 4.79 Å². The van der Waals surface area contributed by atoms with Gasteiger partial charge in [-0.1, -0.05) is 30.6 Å². The molecule has 1 aromatic rings. The lowest BCUT2D eigenvalue weighted by Crippen LogP contribution is -2.15. The van der Waals surface area contributed by atoms with Gasteiger partial charge in [-0.2, -0.15) is 0 Å². The minimum absolute atomic E-state index is 0.0306. The van der Waals surface area contributed by atoms with Crippen LogP contribution in [0.1, 0.15) is 25.8 Å². The molecular weight excluding hydrogens is 254 g/mol. The van der Waals surface area contributed by atoms with Crippen LogP contribution in [0.4, 0.5) is 5.69 Å². The predicted molar refractivity (Wildman–Crippen MR) is 72.0 cm³/mol. The van der Waals surface area contributed by atoms with E-state index in [0.717, 1.165) is 0 Å². The van der Waals surface area contributed by atoms with Crippen LogP contribution in [0.15, 0.2) is 23.4 Å². The van der Waals surface area contributed by atoms with E-state index in [1.54, 1.807) is 12.1 Å². The van der Waals surface area contributed by atoms with Gasteiger partial charge < -0.3 is 16.3 Å². The number of oxime groups is 1. The molecule has 5 nitrogen and oxygen atoms in total. The van der Waals surface area contributed by atoms with Crippen LogP contribution < -0.4 is 11.1 Å². The van der Waals surface area contributed by atoms with Crippen molar-refractivity contribution in [3.05, 3.63) is 28.8 Å². The topological polar surface area (TPSA) is 87.7 Å². The highest BCUT2D eigenvalue weighted by Crippen LogP contribution is 2.23. The molecule has 18 heavy (non-hydrogen) atoms. The molecule has 0 aliphatic heterocycles. The van der Waals surface area contributed by atoms with E-state index >= 15 is 0 Å². The molecule has 0 atom stereocenters. The summed E-state index contributed by atoms with van der Waals surface area (Å²) < 4.78 is 0. The highest BCUT2D eigenvalue weighted by Gasteiger charge is 2.09. The molecule has 0 unspecified atom stereocenters. The van der Waals surface area contributed by atoms with Crippen molar-refractivity contribution in [2.45, 2.75) is 20.3 Å². The number of anilines is 1. The van der Waals surface area contributed by atoms with Gasteiger partial charge in [0, 0.05) is 12.0 Å². The number of rotatable bonds is 4. The van der Waals surface area contributed by atoms with Crippen molar-refractivity contribution < 1.29 is 10.0 Å². The standard InChI is InChI=1S/C12H16ClN3O2/c1-7(2)5-11(17)15-10-4-3-8(6-9(10)13)12(14)16-18/h3-4,6-7,18H,5H2,1-2H3,(H2,14,16)(H,15,17). The van der Waals surface area contributed by atoms with Crippen LogP contribution in [0.25, 0.3) is 0 Å². The first-order chi connectivity index (χ1) is 8.43. The first kappa shape index (κ1) is 14.3. The first-order valence-electron chi connectivity index (χ1n) is 5.51. The average molecular weight is 270 g/mol. The number of hydrogen-bond donors (Lipinski definition) is 3. The molecule has 1 rings (SSSR count). The third kappa shape index (κ3) is 3.92. The zero-order valence-corrected chi connectivity index (χ0v) is 11.0. The fourth-order valence-corrected chi connectivity index (χ4v) is 1.63. The maximum atomic E-state index is 11.6. The molecule has 4 N–H and O–H groups in total. The molecule has 0 saturated carbocycles. The number of halogens is 1. The Hall–Kier alpha value is -1.75.